The topological polar surface area (TPSA) is 99.9 Å². The first-order chi connectivity index (χ1) is 9.70. The van der Waals surface area contributed by atoms with E-state index in [1.165, 1.54) is 13.0 Å². The molecule has 112 valence electrons. The molecular formula is C12H10ClFN2O4S. The Kier molecular flexibility index (Phi) is 4.02. The van der Waals surface area contributed by atoms with Crippen LogP contribution in [0.3, 0.4) is 0 Å². The molecule has 0 radical (unpaired) electrons. The van der Waals surface area contributed by atoms with Crippen LogP contribution in [0.1, 0.15) is 11.3 Å². The second-order valence-electron chi connectivity index (χ2n) is 4.36. The molecule has 0 aliphatic heterocycles. The smallest absolute Gasteiger partial charge is 0.310 e. The molecule has 0 saturated heterocycles. The largest absolute Gasteiger partial charge is 0.325 e. The van der Waals surface area contributed by atoms with Gasteiger partial charge in [0.25, 0.3) is 5.56 Å². The van der Waals surface area contributed by atoms with Crippen molar-refractivity contribution >= 4 is 21.4 Å². The monoisotopic (exact) mass is 332 g/mol. The van der Waals surface area contributed by atoms with Gasteiger partial charge in [-0.3, -0.25) is 9.78 Å². The summed E-state index contributed by atoms with van der Waals surface area (Å²) in [6, 6.07) is 3.28. The summed E-state index contributed by atoms with van der Waals surface area (Å²) in [7, 11) is -4.05. The quantitative estimate of drug-likeness (QED) is 0.880. The predicted octanol–water partition coefficient (Wildman–Crippen LogP) is 1.14. The van der Waals surface area contributed by atoms with E-state index < -0.39 is 37.6 Å². The van der Waals surface area contributed by atoms with E-state index in [1.54, 1.807) is 0 Å². The molecule has 0 amide bonds. The van der Waals surface area contributed by atoms with Crippen molar-refractivity contribution in [3.63, 3.8) is 0 Å². The Balaban J connectivity index is 2.54. The molecule has 0 fully saturated rings. The standard InChI is InChI=1S/C12H10ClFN2O4S/c1-6-10(11(17)16-12(18)15-6)21(19,20)5-7-2-3-8(14)4-9(7)13/h2-4H,5H2,1H3,(H2,15,16,17,18). The minimum atomic E-state index is -4.05. The van der Waals surface area contributed by atoms with E-state index in [2.05, 4.69) is 4.98 Å². The minimum Gasteiger partial charge on any atom is -0.310 e. The van der Waals surface area contributed by atoms with Gasteiger partial charge in [-0.25, -0.2) is 17.6 Å². The van der Waals surface area contributed by atoms with Crippen molar-refractivity contribution in [1.29, 1.82) is 0 Å². The fourth-order valence-electron chi connectivity index (χ4n) is 1.88. The summed E-state index contributed by atoms with van der Waals surface area (Å²) in [6.07, 6.45) is 0. The van der Waals surface area contributed by atoms with E-state index >= 15 is 0 Å². The molecule has 21 heavy (non-hydrogen) atoms. The summed E-state index contributed by atoms with van der Waals surface area (Å²) in [6.45, 7) is 1.30. The summed E-state index contributed by atoms with van der Waals surface area (Å²) in [5, 5.41) is -0.0583. The van der Waals surface area contributed by atoms with Crippen molar-refractivity contribution in [2.45, 2.75) is 17.6 Å². The number of aromatic amines is 2. The number of H-pyrrole nitrogens is 2. The summed E-state index contributed by atoms with van der Waals surface area (Å²) < 4.78 is 37.5. The number of hydrogen-bond donors (Lipinski definition) is 2. The first-order valence-electron chi connectivity index (χ1n) is 5.70. The molecular weight excluding hydrogens is 323 g/mol. The predicted molar refractivity (Wildman–Crippen MR) is 74.7 cm³/mol. The van der Waals surface area contributed by atoms with Crippen molar-refractivity contribution in [2.75, 3.05) is 0 Å². The van der Waals surface area contributed by atoms with E-state index in [0.717, 1.165) is 12.1 Å². The highest BCUT2D eigenvalue weighted by Crippen LogP contribution is 2.22. The van der Waals surface area contributed by atoms with Gasteiger partial charge >= 0.3 is 5.69 Å². The van der Waals surface area contributed by atoms with Crippen LogP contribution in [0.15, 0.2) is 32.7 Å². The maximum atomic E-state index is 12.9. The van der Waals surface area contributed by atoms with Crippen LogP contribution in [0.25, 0.3) is 0 Å². The summed E-state index contributed by atoms with van der Waals surface area (Å²) in [4.78, 5) is 26.3. The number of sulfone groups is 1. The van der Waals surface area contributed by atoms with E-state index in [9.17, 15) is 22.4 Å². The minimum absolute atomic E-state index is 0.0583. The molecule has 1 aromatic carbocycles. The average Bonchev–Trinajstić information content (AvgIpc) is 2.30. The van der Waals surface area contributed by atoms with Crippen molar-refractivity contribution in [1.82, 2.24) is 9.97 Å². The molecule has 1 aromatic heterocycles. The van der Waals surface area contributed by atoms with Crippen LogP contribution in [-0.2, 0) is 15.6 Å². The molecule has 1 heterocycles. The number of nitrogens with one attached hydrogen (secondary N) is 2. The van der Waals surface area contributed by atoms with Crippen molar-refractivity contribution in [3.05, 3.63) is 61.1 Å². The number of benzene rings is 1. The van der Waals surface area contributed by atoms with Crippen molar-refractivity contribution in [3.8, 4) is 0 Å². The summed E-state index contributed by atoms with van der Waals surface area (Å²) in [5.74, 6) is -1.18. The van der Waals surface area contributed by atoms with Gasteiger partial charge in [-0.1, -0.05) is 17.7 Å². The number of aryl methyl sites for hydroxylation is 1. The van der Waals surface area contributed by atoms with Gasteiger partial charge in [-0.2, -0.15) is 0 Å². The van der Waals surface area contributed by atoms with Crippen LogP contribution in [0.5, 0.6) is 0 Å². The lowest BCUT2D eigenvalue weighted by Crippen LogP contribution is -2.29. The molecule has 0 aliphatic rings. The van der Waals surface area contributed by atoms with Gasteiger partial charge in [0.1, 0.15) is 5.82 Å². The van der Waals surface area contributed by atoms with Crippen LogP contribution in [-0.4, -0.2) is 18.4 Å². The first-order valence-corrected chi connectivity index (χ1v) is 7.73. The Morgan fingerprint density at radius 1 is 1.24 bits per heavy atom. The fraction of sp³-hybridized carbons (Fsp3) is 0.167. The summed E-state index contributed by atoms with van der Waals surface area (Å²) >= 11 is 5.78. The molecule has 9 heteroatoms. The van der Waals surface area contributed by atoms with Gasteiger partial charge in [0.05, 0.1) is 5.75 Å². The maximum Gasteiger partial charge on any atom is 0.325 e. The average molecular weight is 333 g/mol. The second kappa shape index (κ2) is 5.45. The molecule has 2 N–H and O–H groups in total. The molecule has 0 aliphatic carbocycles. The van der Waals surface area contributed by atoms with Crippen molar-refractivity contribution < 1.29 is 12.8 Å². The third kappa shape index (κ3) is 3.22. The van der Waals surface area contributed by atoms with Gasteiger partial charge in [0.15, 0.2) is 14.7 Å². The third-order valence-electron chi connectivity index (χ3n) is 2.75. The molecule has 6 nitrogen and oxygen atoms in total. The zero-order valence-electron chi connectivity index (χ0n) is 10.7. The third-order valence-corrected chi connectivity index (χ3v) is 4.90. The molecule has 0 spiro atoms. The Morgan fingerprint density at radius 2 is 1.90 bits per heavy atom. The Bertz CT molecular complexity index is 918. The lowest BCUT2D eigenvalue weighted by atomic mass is 10.2. The summed E-state index contributed by atoms with van der Waals surface area (Å²) in [5.41, 5.74) is -1.71. The van der Waals surface area contributed by atoms with Crippen LogP contribution >= 0.6 is 11.6 Å². The van der Waals surface area contributed by atoms with E-state index in [0.29, 0.717) is 0 Å². The molecule has 0 unspecified atom stereocenters. The van der Waals surface area contributed by atoms with Crippen molar-refractivity contribution in [2.24, 2.45) is 0 Å². The Hall–Kier alpha value is -1.93. The molecule has 0 bridgehead atoms. The fourth-order valence-corrected chi connectivity index (χ4v) is 3.85. The highest BCUT2D eigenvalue weighted by atomic mass is 35.5. The molecule has 2 aromatic rings. The number of hydrogen-bond acceptors (Lipinski definition) is 4. The molecule has 0 atom stereocenters. The van der Waals surface area contributed by atoms with E-state index in [1.807, 2.05) is 4.98 Å². The van der Waals surface area contributed by atoms with E-state index in [4.69, 9.17) is 11.6 Å². The van der Waals surface area contributed by atoms with Crippen LogP contribution in [0, 0.1) is 12.7 Å². The Morgan fingerprint density at radius 3 is 2.48 bits per heavy atom. The highest BCUT2D eigenvalue weighted by molar-refractivity contribution is 7.90. The van der Waals surface area contributed by atoms with Crippen LogP contribution in [0.4, 0.5) is 4.39 Å². The van der Waals surface area contributed by atoms with E-state index in [-0.39, 0.29) is 16.3 Å². The maximum absolute atomic E-state index is 12.9. The number of aromatic nitrogens is 2. The number of rotatable bonds is 3. The lowest BCUT2D eigenvalue weighted by molar-refractivity contribution is 0.591. The molecule has 0 saturated carbocycles. The zero-order valence-corrected chi connectivity index (χ0v) is 12.3. The van der Waals surface area contributed by atoms with Gasteiger partial charge in [-0.15, -0.1) is 0 Å². The van der Waals surface area contributed by atoms with Gasteiger partial charge in [0, 0.05) is 10.7 Å². The normalized spacial score (nSPS) is 11.6. The zero-order chi connectivity index (χ0) is 15.8. The molecule has 2 rings (SSSR count). The first kappa shape index (κ1) is 15.5. The Labute approximate surface area is 123 Å². The van der Waals surface area contributed by atoms with Gasteiger partial charge in [0.2, 0.25) is 0 Å². The second-order valence-corrected chi connectivity index (χ2v) is 6.69. The SMILES string of the molecule is Cc1[nH]c(=O)[nH]c(=O)c1S(=O)(=O)Cc1ccc(F)cc1Cl. The highest BCUT2D eigenvalue weighted by Gasteiger charge is 2.23. The lowest BCUT2D eigenvalue weighted by Gasteiger charge is -2.07. The van der Waals surface area contributed by atoms with Crippen LogP contribution in [0.2, 0.25) is 5.02 Å². The van der Waals surface area contributed by atoms with Gasteiger partial charge < -0.3 is 4.98 Å². The number of halogens is 2. The van der Waals surface area contributed by atoms with Gasteiger partial charge in [-0.05, 0) is 24.6 Å². The van der Waals surface area contributed by atoms with Crippen LogP contribution < -0.4 is 11.2 Å².